The van der Waals surface area contributed by atoms with Gasteiger partial charge in [-0.3, -0.25) is 0 Å². The Morgan fingerprint density at radius 2 is 1.87 bits per heavy atom. The third kappa shape index (κ3) is 2.21. The minimum atomic E-state index is 0.811. The van der Waals surface area contributed by atoms with E-state index in [0.717, 1.165) is 23.8 Å². The van der Waals surface area contributed by atoms with E-state index in [1.165, 1.54) is 51.7 Å². The third-order valence-corrected chi connectivity index (χ3v) is 4.89. The van der Waals surface area contributed by atoms with Gasteiger partial charge in [0.2, 0.25) is 0 Å². The van der Waals surface area contributed by atoms with E-state index in [1.807, 2.05) is 0 Å². The molecule has 2 bridgehead atoms. The van der Waals surface area contributed by atoms with Crippen molar-refractivity contribution in [3.05, 3.63) is 0 Å². The lowest BCUT2D eigenvalue weighted by Crippen LogP contribution is -2.42. The van der Waals surface area contributed by atoms with E-state index in [9.17, 15) is 0 Å². The third-order valence-electron chi connectivity index (χ3n) is 4.89. The van der Waals surface area contributed by atoms with Gasteiger partial charge in [-0.25, -0.2) is 0 Å². The van der Waals surface area contributed by atoms with Crippen molar-refractivity contribution in [1.29, 1.82) is 0 Å². The fourth-order valence-electron chi connectivity index (χ4n) is 3.97. The summed E-state index contributed by atoms with van der Waals surface area (Å²) in [5, 5.41) is 7.24. The Hall–Kier alpha value is -0.0800. The molecule has 1 aliphatic heterocycles. The predicted octanol–water partition coefficient (Wildman–Crippen LogP) is 1.76. The second kappa shape index (κ2) is 4.42. The van der Waals surface area contributed by atoms with Crippen LogP contribution in [0.25, 0.3) is 0 Å². The summed E-state index contributed by atoms with van der Waals surface area (Å²) in [6, 6.07) is 0.811. The molecule has 0 spiro atoms. The van der Waals surface area contributed by atoms with Gasteiger partial charge in [0.15, 0.2) is 0 Å². The van der Waals surface area contributed by atoms with Crippen molar-refractivity contribution in [3.63, 3.8) is 0 Å². The average Bonchev–Trinajstić information content (AvgIpc) is 2.89. The molecule has 1 heterocycles. The van der Waals surface area contributed by atoms with Gasteiger partial charge in [0.1, 0.15) is 0 Å². The van der Waals surface area contributed by atoms with Gasteiger partial charge in [-0.15, -0.1) is 0 Å². The van der Waals surface area contributed by atoms with Crippen LogP contribution in [0.3, 0.4) is 0 Å². The first-order valence-corrected chi connectivity index (χ1v) is 6.86. The molecule has 3 atom stereocenters. The van der Waals surface area contributed by atoms with Gasteiger partial charge in [0.25, 0.3) is 0 Å². The number of hydrogen-bond donors (Lipinski definition) is 2. The normalized spacial score (nSPS) is 41.2. The zero-order valence-corrected chi connectivity index (χ0v) is 9.67. The van der Waals surface area contributed by atoms with E-state index in [2.05, 4.69) is 10.6 Å². The number of nitrogens with one attached hydrogen (secondary N) is 2. The highest BCUT2D eigenvalue weighted by Crippen LogP contribution is 2.47. The Morgan fingerprint density at radius 3 is 2.53 bits per heavy atom. The Balaban J connectivity index is 1.42. The minimum absolute atomic E-state index is 0.811. The van der Waals surface area contributed by atoms with Crippen molar-refractivity contribution in [2.75, 3.05) is 19.6 Å². The first-order valence-electron chi connectivity index (χ1n) is 6.86. The number of fused-ring (bicyclic) bond motifs is 2. The maximum Gasteiger partial charge on any atom is 0.00913 e. The van der Waals surface area contributed by atoms with Crippen molar-refractivity contribution in [2.24, 2.45) is 17.8 Å². The Bertz CT molecular complexity index is 211. The van der Waals surface area contributed by atoms with Crippen LogP contribution in [0.5, 0.6) is 0 Å². The molecule has 0 amide bonds. The van der Waals surface area contributed by atoms with Gasteiger partial charge in [0.05, 0.1) is 0 Å². The summed E-state index contributed by atoms with van der Waals surface area (Å²) in [6.07, 6.45) is 8.82. The molecule has 3 unspecified atom stereocenters. The Kier molecular flexibility index (Phi) is 2.98. The van der Waals surface area contributed by atoms with E-state index < -0.39 is 0 Å². The topological polar surface area (TPSA) is 24.1 Å². The van der Waals surface area contributed by atoms with E-state index in [1.54, 1.807) is 6.42 Å². The molecule has 0 aromatic rings. The highest BCUT2D eigenvalue weighted by molar-refractivity contribution is 4.91. The van der Waals surface area contributed by atoms with Crippen LogP contribution in [-0.4, -0.2) is 25.7 Å². The maximum atomic E-state index is 3.81. The second-order valence-corrected chi connectivity index (χ2v) is 5.87. The molecule has 2 saturated carbocycles. The van der Waals surface area contributed by atoms with E-state index in [-0.39, 0.29) is 0 Å². The van der Waals surface area contributed by atoms with Crippen LogP contribution in [0.2, 0.25) is 0 Å². The molecule has 2 nitrogen and oxygen atoms in total. The Morgan fingerprint density at radius 1 is 1.00 bits per heavy atom. The van der Waals surface area contributed by atoms with Crippen LogP contribution in [0.1, 0.15) is 38.5 Å². The molecule has 0 radical (unpaired) electrons. The highest BCUT2D eigenvalue weighted by atomic mass is 15.0. The molecule has 2 N–H and O–H groups in total. The van der Waals surface area contributed by atoms with Gasteiger partial charge in [-0.05, 0) is 69.5 Å². The molecule has 1 saturated heterocycles. The first kappa shape index (κ1) is 10.1. The summed E-state index contributed by atoms with van der Waals surface area (Å²) in [5.41, 5.74) is 0. The van der Waals surface area contributed by atoms with Crippen LogP contribution in [-0.2, 0) is 0 Å². The zero-order chi connectivity index (χ0) is 10.1. The molecular weight excluding hydrogens is 184 g/mol. The van der Waals surface area contributed by atoms with Crippen LogP contribution >= 0.6 is 0 Å². The lowest BCUT2D eigenvalue weighted by atomic mass is 9.88. The summed E-state index contributed by atoms with van der Waals surface area (Å²) in [6.45, 7) is 3.74. The van der Waals surface area contributed by atoms with Crippen molar-refractivity contribution in [1.82, 2.24) is 10.6 Å². The van der Waals surface area contributed by atoms with Gasteiger partial charge in [-0.2, -0.15) is 0 Å². The standard InChI is InChI=1S/C13H24N2/c1-2-11-7-10(1)8-12(11)9-15-13-3-5-14-6-4-13/h10-15H,1-9H2. The van der Waals surface area contributed by atoms with Crippen molar-refractivity contribution in [2.45, 2.75) is 44.6 Å². The largest absolute Gasteiger partial charge is 0.317 e. The summed E-state index contributed by atoms with van der Waals surface area (Å²) in [7, 11) is 0. The summed E-state index contributed by atoms with van der Waals surface area (Å²) >= 11 is 0. The van der Waals surface area contributed by atoms with Crippen LogP contribution in [0.15, 0.2) is 0 Å². The molecule has 0 aromatic carbocycles. The lowest BCUT2D eigenvalue weighted by molar-refractivity contribution is 0.288. The second-order valence-electron chi connectivity index (χ2n) is 5.87. The molecule has 0 aromatic heterocycles. The van der Waals surface area contributed by atoms with Crippen LogP contribution < -0.4 is 10.6 Å². The fraction of sp³-hybridized carbons (Fsp3) is 1.00. The number of hydrogen-bond acceptors (Lipinski definition) is 2. The predicted molar refractivity (Wildman–Crippen MR) is 62.8 cm³/mol. The van der Waals surface area contributed by atoms with Crippen LogP contribution in [0.4, 0.5) is 0 Å². The van der Waals surface area contributed by atoms with E-state index in [4.69, 9.17) is 0 Å². The summed E-state index contributed by atoms with van der Waals surface area (Å²) in [4.78, 5) is 0. The maximum absolute atomic E-state index is 3.81. The monoisotopic (exact) mass is 208 g/mol. The lowest BCUT2D eigenvalue weighted by Gasteiger charge is -2.28. The Labute approximate surface area is 93.2 Å². The van der Waals surface area contributed by atoms with Gasteiger partial charge < -0.3 is 10.6 Å². The number of piperidine rings is 1. The van der Waals surface area contributed by atoms with E-state index >= 15 is 0 Å². The smallest absolute Gasteiger partial charge is 0.00913 e. The van der Waals surface area contributed by atoms with Gasteiger partial charge in [-0.1, -0.05) is 6.42 Å². The van der Waals surface area contributed by atoms with Gasteiger partial charge in [0, 0.05) is 6.04 Å². The fourth-order valence-corrected chi connectivity index (χ4v) is 3.97. The number of rotatable bonds is 3. The molecule has 3 aliphatic rings. The molecule has 2 heteroatoms. The van der Waals surface area contributed by atoms with E-state index in [0.29, 0.717) is 0 Å². The first-order chi connectivity index (χ1) is 7.42. The molecule has 2 aliphatic carbocycles. The average molecular weight is 208 g/mol. The van der Waals surface area contributed by atoms with Crippen molar-refractivity contribution < 1.29 is 0 Å². The minimum Gasteiger partial charge on any atom is -0.317 e. The molecule has 86 valence electrons. The summed E-state index contributed by atoms with van der Waals surface area (Å²) < 4.78 is 0. The zero-order valence-electron chi connectivity index (χ0n) is 9.67. The molecular formula is C13H24N2. The summed E-state index contributed by atoms with van der Waals surface area (Å²) in [5.74, 6) is 3.22. The van der Waals surface area contributed by atoms with Crippen molar-refractivity contribution >= 4 is 0 Å². The highest BCUT2D eigenvalue weighted by Gasteiger charge is 2.39. The van der Waals surface area contributed by atoms with Crippen molar-refractivity contribution in [3.8, 4) is 0 Å². The van der Waals surface area contributed by atoms with Gasteiger partial charge >= 0.3 is 0 Å². The molecule has 3 fully saturated rings. The SMILES string of the molecule is C1CC(NCC2CC3CCC2C3)CCN1. The molecule has 15 heavy (non-hydrogen) atoms. The quantitative estimate of drug-likeness (QED) is 0.738. The van der Waals surface area contributed by atoms with Crippen LogP contribution in [0, 0.1) is 17.8 Å². The molecule has 3 rings (SSSR count).